The first-order valence-electron chi connectivity index (χ1n) is 7.77. The van der Waals surface area contributed by atoms with Gasteiger partial charge in [-0.1, -0.05) is 6.07 Å². The predicted octanol–water partition coefficient (Wildman–Crippen LogP) is 2.76. The number of hydrogen-bond donors (Lipinski definition) is 1. The molecule has 0 saturated carbocycles. The molecule has 1 atom stereocenters. The molecule has 0 bridgehead atoms. The number of nitrogens with zero attached hydrogens (tertiary/aromatic N) is 1. The predicted molar refractivity (Wildman–Crippen MR) is 84.5 cm³/mol. The zero-order chi connectivity index (χ0) is 14.4. The highest BCUT2D eigenvalue weighted by atomic mass is 16.5. The summed E-state index contributed by atoms with van der Waals surface area (Å²) in [5, 5.41) is 3.47. The first-order chi connectivity index (χ1) is 9.65. The molecule has 0 aromatic heterocycles. The van der Waals surface area contributed by atoms with Gasteiger partial charge >= 0.3 is 0 Å². The van der Waals surface area contributed by atoms with E-state index in [1.807, 2.05) is 0 Å². The molecule has 1 aliphatic heterocycles. The standard InChI is InChI=1S/C17H28N2O/c1-14-10-15(2)12-17(11-14)20-9-5-8-19(3)16-6-4-7-18-13-16/h10-12,16,18H,4-9,13H2,1-3H3. The summed E-state index contributed by atoms with van der Waals surface area (Å²) in [7, 11) is 2.23. The summed E-state index contributed by atoms with van der Waals surface area (Å²) >= 11 is 0. The van der Waals surface area contributed by atoms with E-state index in [-0.39, 0.29) is 0 Å². The molecular formula is C17H28N2O. The van der Waals surface area contributed by atoms with E-state index in [0.29, 0.717) is 6.04 Å². The molecule has 1 aliphatic rings. The van der Waals surface area contributed by atoms with Crippen LogP contribution in [0, 0.1) is 13.8 Å². The molecule has 1 aromatic rings. The van der Waals surface area contributed by atoms with Gasteiger partial charge in [-0.25, -0.2) is 0 Å². The minimum absolute atomic E-state index is 0.699. The van der Waals surface area contributed by atoms with Crippen LogP contribution in [0.3, 0.4) is 0 Å². The Balaban J connectivity index is 1.67. The van der Waals surface area contributed by atoms with Crippen LogP contribution in [-0.2, 0) is 0 Å². The van der Waals surface area contributed by atoms with Gasteiger partial charge in [0.2, 0.25) is 0 Å². The molecule has 0 amide bonds. The van der Waals surface area contributed by atoms with Crippen LogP contribution in [0.4, 0.5) is 0 Å². The molecule has 1 unspecified atom stereocenters. The van der Waals surface area contributed by atoms with Gasteiger partial charge < -0.3 is 15.0 Å². The third kappa shape index (κ3) is 4.80. The van der Waals surface area contributed by atoms with Crippen molar-refractivity contribution in [1.29, 1.82) is 0 Å². The van der Waals surface area contributed by atoms with Gasteiger partial charge in [0.05, 0.1) is 6.61 Å². The maximum atomic E-state index is 5.86. The van der Waals surface area contributed by atoms with Gasteiger partial charge in [-0.05, 0) is 70.0 Å². The van der Waals surface area contributed by atoms with E-state index < -0.39 is 0 Å². The highest BCUT2D eigenvalue weighted by Crippen LogP contribution is 2.16. The van der Waals surface area contributed by atoms with E-state index in [1.54, 1.807) is 0 Å². The van der Waals surface area contributed by atoms with Gasteiger partial charge in [-0.2, -0.15) is 0 Å². The number of aryl methyl sites for hydroxylation is 2. The Hall–Kier alpha value is -1.06. The van der Waals surface area contributed by atoms with E-state index in [4.69, 9.17) is 4.74 Å². The number of hydrogen-bond acceptors (Lipinski definition) is 3. The molecule has 2 rings (SSSR count). The van der Waals surface area contributed by atoms with Gasteiger partial charge in [0.1, 0.15) is 5.75 Å². The second-order valence-electron chi connectivity index (χ2n) is 6.01. The van der Waals surface area contributed by atoms with E-state index in [1.165, 1.54) is 30.5 Å². The summed E-state index contributed by atoms with van der Waals surface area (Å²) in [6.07, 6.45) is 3.70. The van der Waals surface area contributed by atoms with Crippen LogP contribution in [0.5, 0.6) is 5.75 Å². The summed E-state index contributed by atoms with van der Waals surface area (Å²) in [6, 6.07) is 7.10. The molecule has 0 aliphatic carbocycles. The third-order valence-corrected chi connectivity index (χ3v) is 4.01. The average molecular weight is 276 g/mol. The van der Waals surface area contributed by atoms with Gasteiger partial charge in [0.25, 0.3) is 0 Å². The molecule has 3 heteroatoms. The largest absolute Gasteiger partial charge is 0.494 e. The van der Waals surface area contributed by atoms with Crippen molar-refractivity contribution in [2.75, 3.05) is 33.3 Å². The second-order valence-corrected chi connectivity index (χ2v) is 6.01. The Morgan fingerprint density at radius 1 is 1.25 bits per heavy atom. The van der Waals surface area contributed by atoms with E-state index in [0.717, 1.165) is 31.9 Å². The molecule has 0 spiro atoms. The lowest BCUT2D eigenvalue weighted by Crippen LogP contribution is -2.44. The first-order valence-corrected chi connectivity index (χ1v) is 7.77. The molecule has 112 valence electrons. The van der Waals surface area contributed by atoms with Crippen LogP contribution >= 0.6 is 0 Å². The van der Waals surface area contributed by atoms with Crippen LogP contribution in [0.2, 0.25) is 0 Å². The summed E-state index contributed by atoms with van der Waals surface area (Å²) in [6.45, 7) is 8.45. The molecule has 1 aromatic carbocycles. The van der Waals surface area contributed by atoms with E-state index >= 15 is 0 Å². The number of piperidine rings is 1. The Bertz CT molecular complexity index is 393. The molecule has 1 saturated heterocycles. The van der Waals surface area contributed by atoms with Crippen molar-refractivity contribution in [3.63, 3.8) is 0 Å². The second kappa shape index (κ2) is 7.65. The SMILES string of the molecule is Cc1cc(C)cc(OCCCN(C)C2CCCNC2)c1. The van der Waals surface area contributed by atoms with Crippen molar-refractivity contribution < 1.29 is 4.74 Å². The van der Waals surface area contributed by atoms with Crippen molar-refractivity contribution in [3.8, 4) is 5.75 Å². The van der Waals surface area contributed by atoms with Crippen LogP contribution in [0.1, 0.15) is 30.4 Å². The smallest absolute Gasteiger partial charge is 0.119 e. The fraction of sp³-hybridized carbons (Fsp3) is 0.647. The van der Waals surface area contributed by atoms with Crippen molar-refractivity contribution in [3.05, 3.63) is 29.3 Å². The maximum absolute atomic E-state index is 5.86. The Morgan fingerprint density at radius 2 is 2.00 bits per heavy atom. The Kier molecular flexibility index (Phi) is 5.86. The van der Waals surface area contributed by atoms with Crippen molar-refractivity contribution in [2.24, 2.45) is 0 Å². The number of ether oxygens (including phenoxy) is 1. The Morgan fingerprint density at radius 3 is 2.65 bits per heavy atom. The van der Waals surface area contributed by atoms with Crippen LogP contribution in [0.25, 0.3) is 0 Å². The van der Waals surface area contributed by atoms with Gasteiger partial charge in [-0.3, -0.25) is 0 Å². The summed E-state index contributed by atoms with van der Waals surface area (Å²) in [5.41, 5.74) is 2.54. The molecule has 20 heavy (non-hydrogen) atoms. The maximum Gasteiger partial charge on any atom is 0.119 e. The average Bonchev–Trinajstić information content (AvgIpc) is 2.43. The lowest BCUT2D eigenvalue weighted by molar-refractivity contribution is 0.186. The lowest BCUT2D eigenvalue weighted by Gasteiger charge is -2.31. The van der Waals surface area contributed by atoms with Crippen LogP contribution in [0.15, 0.2) is 18.2 Å². The van der Waals surface area contributed by atoms with E-state index in [2.05, 4.69) is 49.3 Å². The molecule has 3 nitrogen and oxygen atoms in total. The monoisotopic (exact) mass is 276 g/mol. The topological polar surface area (TPSA) is 24.5 Å². The van der Waals surface area contributed by atoms with Crippen molar-refractivity contribution >= 4 is 0 Å². The molecule has 1 fully saturated rings. The zero-order valence-electron chi connectivity index (χ0n) is 13.1. The summed E-state index contributed by atoms with van der Waals surface area (Å²) in [5.74, 6) is 1.00. The number of rotatable bonds is 6. The quantitative estimate of drug-likeness (QED) is 0.809. The van der Waals surface area contributed by atoms with Crippen LogP contribution < -0.4 is 10.1 Å². The van der Waals surface area contributed by atoms with Gasteiger partial charge in [0, 0.05) is 19.1 Å². The molecule has 0 radical (unpaired) electrons. The lowest BCUT2D eigenvalue weighted by atomic mass is 10.1. The Labute approximate surface area is 123 Å². The molecular weight excluding hydrogens is 248 g/mol. The van der Waals surface area contributed by atoms with Crippen molar-refractivity contribution in [1.82, 2.24) is 10.2 Å². The zero-order valence-corrected chi connectivity index (χ0v) is 13.1. The fourth-order valence-electron chi connectivity index (χ4n) is 2.91. The van der Waals surface area contributed by atoms with Crippen molar-refractivity contribution in [2.45, 2.75) is 39.2 Å². The normalized spacial score (nSPS) is 19.3. The summed E-state index contributed by atoms with van der Waals surface area (Å²) in [4.78, 5) is 2.47. The molecule has 1 N–H and O–H groups in total. The van der Waals surface area contributed by atoms with Gasteiger partial charge in [0.15, 0.2) is 0 Å². The van der Waals surface area contributed by atoms with E-state index in [9.17, 15) is 0 Å². The third-order valence-electron chi connectivity index (χ3n) is 4.01. The number of benzene rings is 1. The fourth-order valence-corrected chi connectivity index (χ4v) is 2.91. The van der Waals surface area contributed by atoms with Gasteiger partial charge in [-0.15, -0.1) is 0 Å². The first kappa shape index (κ1) is 15.3. The number of likely N-dealkylation sites (N-methyl/N-ethyl adjacent to an activating group) is 1. The summed E-state index contributed by atoms with van der Waals surface area (Å²) < 4.78 is 5.86. The number of nitrogens with one attached hydrogen (secondary N) is 1. The minimum Gasteiger partial charge on any atom is -0.494 e. The minimum atomic E-state index is 0.699. The molecule has 1 heterocycles. The highest BCUT2D eigenvalue weighted by molar-refractivity contribution is 5.32. The van der Waals surface area contributed by atoms with Crippen LogP contribution in [-0.4, -0.2) is 44.2 Å². The highest BCUT2D eigenvalue weighted by Gasteiger charge is 2.16.